The number of hydrogen-bond acceptors (Lipinski definition) is 5. The van der Waals surface area contributed by atoms with Gasteiger partial charge in [-0.05, 0) is 12.2 Å². The van der Waals surface area contributed by atoms with Crippen molar-refractivity contribution in [1.29, 1.82) is 0 Å². The lowest BCUT2D eigenvalue weighted by molar-refractivity contribution is -0.138. The fourth-order valence-electron chi connectivity index (χ4n) is 0.965. The van der Waals surface area contributed by atoms with Crippen molar-refractivity contribution in [3.8, 4) is 0 Å². The minimum atomic E-state index is -1.03. The molecule has 0 saturated heterocycles. The molecule has 0 radical (unpaired) electrons. The largest absolute Gasteiger partial charge is 0.480 e. The summed E-state index contributed by atoms with van der Waals surface area (Å²) in [5.74, 6) is 0.901. The Balaban J connectivity index is 2.52. The first kappa shape index (κ1) is 12.5. The molecule has 0 aromatic carbocycles. The Morgan fingerprint density at radius 3 is 3.13 bits per heavy atom. The molecule has 0 aliphatic rings. The van der Waals surface area contributed by atoms with E-state index in [9.17, 15) is 4.79 Å². The molecule has 1 atom stereocenters. The molecule has 3 N–H and O–H groups in total. The molecule has 1 heterocycles. The molecule has 1 aromatic heterocycles. The number of nitrogens with two attached hydrogens (primary N) is 1. The third-order valence-corrected chi connectivity index (χ3v) is 3.95. The zero-order valence-corrected chi connectivity index (χ0v) is 10.1. The highest BCUT2D eigenvalue weighted by Gasteiger charge is 2.17. The highest BCUT2D eigenvalue weighted by Crippen LogP contribution is 2.20. The van der Waals surface area contributed by atoms with E-state index in [1.54, 1.807) is 17.1 Å². The molecule has 0 aliphatic heterocycles. The monoisotopic (exact) mass is 246 g/mol. The van der Waals surface area contributed by atoms with Crippen LogP contribution in [0.1, 0.15) is 30.1 Å². The quantitative estimate of drug-likeness (QED) is 0.749. The first-order chi connectivity index (χ1) is 7.15. The summed E-state index contributed by atoms with van der Waals surface area (Å²) in [5, 5.41) is 11.4. The van der Waals surface area contributed by atoms with E-state index in [0.29, 0.717) is 5.69 Å². The average molecular weight is 246 g/mol. The predicted octanol–water partition coefficient (Wildman–Crippen LogP) is 1.87. The van der Waals surface area contributed by atoms with Gasteiger partial charge in [0, 0.05) is 11.1 Å². The highest BCUT2D eigenvalue weighted by molar-refractivity contribution is 7.98. The molecule has 0 spiro atoms. The van der Waals surface area contributed by atoms with Gasteiger partial charge in [-0.3, -0.25) is 4.79 Å². The van der Waals surface area contributed by atoms with Gasteiger partial charge in [0.15, 0.2) is 0 Å². The van der Waals surface area contributed by atoms with E-state index >= 15 is 0 Å². The standard InChI is InChI=1S/C9H14N2O2S2/c1-2-3-14-5-7-11-6(4-15-7)8(10)9(12)13/h4,8H,2-3,5,10H2,1H3,(H,12,13). The smallest absolute Gasteiger partial charge is 0.326 e. The van der Waals surface area contributed by atoms with Gasteiger partial charge in [0.1, 0.15) is 11.0 Å². The van der Waals surface area contributed by atoms with Crippen LogP contribution in [0, 0.1) is 0 Å². The number of carboxylic acid groups (broad SMARTS) is 1. The third kappa shape index (κ3) is 3.81. The van der Waals surface area contributed by atoms with E-state index in [-0.39, 0.29) is 0 Å². The summed E-state index contributed by atoms with van der Waals surface area (Å²) in [4.78, 5) is 14.8. The van der Waals surface area contributed by atoms with Crippen molar-refractivity contribution in [2.45, 2.75) is 25.1 Å². The molecule has 6 heteroatoms. The van der Waals surface area contributed by atoms with E-state index in [1.807, 2.05) is 0 Å². The number of thioether (sulfide) groups is 1. The number of aromatic nitrogens is 1. The van der Waals surface area contributed by atoms with E-state index in [0.717, 1.165) is 22.9 Å². The number of rotatable bonds is 6. The Morgan fingerprint density at radius 2 is 2.53 bits per heavy atom. The van der Waals surface area contributed by atoms with E-state index < -0.39 is 12.0 Å². The summed E-state index contributed by atoms with van der Waals surface area (Å²) in [5.41, 5.74) is 5.90. The Kier molecular flexibility index (Phi) is 5.07. The molecule has 1 unspecified atom stereocenters. The van der Waals surface area contributed by atoms with Crippen LogP contribution in [-0.4, -0.2) is 21.8 Å². The van der Waals surface area contributed by atoms with Crippen molar-refractivity contribution >= 4 is 29.1 Å². The topological polar surface area (TPSA) is 76.2 Å². The fourth-order valence-corrected chi connectivity index (χ4v) is 2.77. The van der Waals surface area contributed by atoms with Crippen molar-refractivity contribution in [3.63, 3.8) is 0 Å². The number of carbonyl (C=O) groups is 1. The number of nitrogens with zero attached hydrogens (tertiary/aromatic N) is 1. The van der Waals surface area contributed by atoms with E-state index in [1.165, 1.54) is 11.3 Å². The summed E-state index contributed by atoms with van der Waals surface area (Å²) in [6, 6.07) is -0.994. The van der Waals surface area contributed by atoms with Gasteiger partial charge >= 0.3 is 5.97 Å². The molecule has 1 rings (SSSR count). The van der Waals surface area contributed by atoms with Gasteiger partial charge in [-0.2, -0.15) is 11.8 Å². The van der Waals surface area contributed by atoms with Gasteiger partial charge in [-0.15, -0.1) is 11.3 Å². The zero-order valence-electron chi connectivity index (χ0n) is 8.47. The zero-order chi connectivity index (χ0) is 11.3. The molecule has 0 saturated carbocycles. The Bertz CT molecular complexity index is 328. The molecule has 15 heavy (non-hydrogen) atoms. The summed E-state index contributed by atoms with van der Waals surface area (Å²) >= 11 is 3.27. The first-order valence-electron chi connectivity index (χ1n) is 4.65. The minimum Gasteiger partial charge on any atom is -0.480 e. The maximum absolute atomic E-state index is 10.6. The maximum Gasteiger partial charge on any atom is 0.326 e. The summed E-state index contributed by atoms with van der Waals surface area (Å²) < 4.78 is 0. The normalized spacial score (nSPS) is 12.7. The molecule has 0 bridgehead atoms. The van der Waals surface area contributed by atoms with Gasteiger partial charge in [0.2, 0.25) is 0 Å². The Labute approximate surface area is 96.9 Å². The lowest BCUT2D eigenvalue weighted by atomic mass is 10.2. The lowest BCUT2D eigenvalue weighted by Gasteiger charge is -2.00. The SMILES string of the molecule is CCCSCc1nc(C(N)C(=O)O)cs1. The van der Waals surface area contributed by atoms with Crippen LogP contribution in [0.5, 0.6) is 0 Å². The molecule has 0 fully saturated rings. The molecule has 1 aromatic rings. The average Bonchev–Trinajstić information content (AvgIpc) is 2.65. The maximum atomic E-state index is 10.6. The second-order valence-electron chi connectivity index (χ2n) is 3.03. The van der Waals surface area contributed by atoms with Crippen LogP contribution in [0.25, 0.3) is 0 Å². The predicted molar refractivity (Wildman–Crippen MR) is 63.1 cm³/mol. The summed E-state index contributed by atoms with van der Waals surface area (Å²) in [6.07, 6.45) is 1.14. The summed E-state index contributed by atoms with van der Waals surface area (Å²) in [6.45, 7) is 2.13. The molecule has 4 nitrogen and oxygen atoms in total. The number of thiazole rings is 1. The van der Waals surface area contributed by atoms with E-state index in [4.69, 9.17) is 10.8 Å². The molecule has 84 valence electrons. The second-order valence-corrected chi connectivity index (χ2v) is 5.08. The van der Waals surface area contributed by atoms with E-state index in [2.05, 4.69) is 11.9 Å². The van der Waals surface area contributed by atoms with Crippen molar-refractivity contribution in [2.24, 2.45) is 5.73 Å². The minimum absolute atomic E-state index is 0.458. The van der Waals surface area contributed by atoms with Crippen LogP contribution in [0.4, 0.5) is 0 Å². The highest BCUT2D eigenvalue weighted by atomic mass is 32.2. The van der Waals surface area contributed by atoms with Crippen LogP contribution < -0.4 is 5.73 Å². The molecule has 0 aliphatic carbocycles. The molecular formula is C9H14N2O2S2. The molecular weight excluding hydrogens is 232 g/mol. The van der Waals surface area contributed by atoms with Gasteiger partial charge < -0.3 is 10.8 Å². The van der Waals surface area contributed by atoms with Crippen molar-refractivity contribution < 1.29 is 9.90 Å². The number of carboxylic acids is 1. The molecule has 0 amide bonds. The number of aliphatic carboxylic acids is 1. The van der Waals surface area contributed by atoms with Crippen LogP contribution >= 0.6 is 23.1 Å². The van der Waals surface area contributed by atoms with Crippen molar-refractivity contribution in [2.75, 3.05) is 5.75 Å². The first-order valence-corrected chi connectivity index (χ1v) is 6.69. The Hall–Kier alpha value is -0.590. The second kappa shape index (κ2) is 6.09. The number of hydrogen-bond donors (Lipinski definition) is 2. The van der Waals surface area contributed by atoms with Gasteiger partial charge in [-0.25, -0.2) is 4.98 Å². The fraction of sp³-hybridized carbons (Fsp3) is 0.556. The van der Waals surface area contributed by atoms with Crippen molar-refractivity contribution in [1.82, 2.24) is 4.98 Å². The van der Waals surface area contributed by atoms with Gasteiger partial charge in [0.05, 0.1) is 5.69 Å². The third-order valence-electron chi connectivity index (χ3n) is 1.73. The lowest BCUT2D eigenvalue weighted by Crippen LogP contribution is -2.20. The van der Waals surface area contributed by atoms with Crippen LogP contribution in [0.3, 0.4) is 0 Å². The van der Waals surface area contributed by atoms with Gasteiger partial charge in [0.25, 0.3) is 0 Å². The van der Waals surface area contributed by atoms with Crippen LogP contribution in [0.15, 0.2) is 5.38 Å². The van der Waals surface area contributed by atoms with Crippen LogP contribution in [0.2, 0.25) is 0 Å². The Morgan fingerprint density at radius 1 is 1.80 bits per heavy atom. The van der Waals surface area contributed by atoms with Crippen molar-refractivity contribution in [3.05, 3.63) is 16.1 Å². The van der Waals surface area contributed by atoms with Gasteiger partial charge in [-0.1, -0.05) is 6.92 Å². The van der Waals surface area contributed by atoms with Crippen LogP contribution in [-0.2, 0) is 10.5 Å². The summed E-state index contributed by atoms with van der Waals surface area (Å²) in [7, 11) is 0.